The van der Waals surface area contributed by atoms with Crippen LogP contribution in [0.15, 0.2) is 17.6 Å². The first-order valence-electron chi connectivity index (χ1n) is 9.29. The number of nitrogens with zero attached hydrogens (tertiary/aromatic N) is 5. The second-order valence-corrected chi connectivity index (χ2v) is 6.95. The molecule has 25 heavy (non-hydrogen) atoms. The lowest BCUT2D eigenvalue weighted by Gasteiger charge is -2.34. The van der Waals surface area contributed by atoms with Crippen LogP contribution in [-0.4, -0.2) is 58.4 Å². The van der Waals surface area contributed by atoms with Crippen molar-refractivity contribution in [3.05, 3.63) is 17.6 Å². The van der Waals surface area contributed by atoms with Crippen molar-refractivity contribution in [1.29, 1.82) is 0 Å². The molecule has 7 heteroatoms. The minimum absolute atomic E-state index is 0.100. The zero-order valence-electron chi connectivity index (χ0n) is 15.7. The zero-order chi connectivity index (χ0) is 18.0. The van der Waals surface area contributed by atoms with E-state index in [2.05, 4.69) is 17.0 Å². The summed E-state index contributed by atoms with van der Waals surface area (Å²) in [5.74, 6) is 0.902. The molecule has 1 amide bonds. The highest BCUT2D eigenvalue weighted by atomic mass is 16.5. The number of hydrogen-bond acceptors (Lipinski definition) is 5. The average Bonchev–Trinajstić information content (AvgIpc) is 2.98. The lowest BCUT2D eigenvalue weighted by atomic mass is 10.0. The van der Waals surface area contributed by atoms with Crippen LogP contribution >= 0.6 is 0 Å². The molecule has 1 saturated heterocycles. The van der Waals surface area contributed by atoms with Gasteiger partial charge in [0.15, 0.2) is 0 Å². The van der Waals surface area contributed by atoms with Gasteiger partial charge in [-0.25, -0.2) is 4.68 Å². The SMILES string of the molecule is CCCO[C@@H]1CCCN(C(=O)C2=C(C)N(C)c3ncnn3[C@H]2C)CC1. The minimum atomic E-state index is -0.100. The first-order valence-corrected chi connectivity index (χ1v) is 9.29. The fourth-order valence-electron chi connectivity index (χ4n) is 3.74. The molecule has 0 aromatic carbocycles. The molecule has 1 fully saturated rings. The van der Waals surface area contributed by atoms with Crippen LogP contribution in [0.2, 0.25) is 0 Å². The van der Waals surface area contributed by atoms with Gasteiger partial charge < -0.3 is 14.5 Å². The van der Waals surface area contributed by atoms with Gasteiger partial charge in [0.1, 0.15) is 6.33 Å². The second kappa shape index (κ2) is 7.56. The Hall–Kier alpha value is -1.89. The molecule has 0 aliphatic carbocycles. The van der Waals surface area contributed by atoms with Crippen LogP contribution in [0.5, 0.6) is 0 Å². The maximum absolute atomic E-state index is 13.3. The van der Waals surface area contributed by atoms with Crippen molar-refractivity contribution in [2.24, 2.45) is 0 Å². The first-order chi connectivity index (χ1) is 12.0. The van der Waals surface area contributed by atoms with Crippen molar-refractivity contribution in [2.75, 3.05) is 31.6 Å². The second-order valence-electron chi connectivity index (χ2n) is 6.95. The van der Waals surface area contributed by atoms with Crippen LogP contribution in [0.4, 0.5) is 5.95 Å². The maximum atomic E-state index is 13.3. The lowest BCUT2D eigenvalue weighted by molar-refractivity contribution is -0.127. The van der Waals surface area contributed by atoms with E-state index in [4.69, 9.17) is 4.74 Å². The summed E-state index contributed by atoms with van der Waals surface area (Å²) in [5.41, 5.74) is 1.77. The number of amides is 1. The summed E-state index contributed by atoms with van der Waals surface area (Å²) >= 11 is 0. The van der Waals surface area contributed by atoms with Crippen molar-refractivity contribution in [3.8, 4) is 0 Å². The minimum Gasteiger partial charge on any atom is -0.378 e. The van der Waals surface area contributed by atoms with Crippen LogP contribution in [0.3, 0.4) is 0 Å². The Balaban J connectivity index is 1.75. The molecule has 3 heterocycles. The number of ether oxygens (including phenoxy) is 1. The molecule has 0 unspecified atom stereocenters. The van der Waals surface area contributed by atoms with E-state index in [9.17, 15) is 4.79 Å². The van der Waals surface area contributed by atoms with E-state index in [0.29, 0.717) is 0 Å². The zero-order valence-corrected chi connectivity index (χ0v) is 15.7. The number of likely N-dealkylation sites (tertiary alicyclic amines) is 1. The van der Waals surface area contributed by atoms with Crippen LogP contribution in [0, 0.1) is 0 Å². The summed E-state index contributed by atoms with van der Waals surface area (Å²) in [6, 6.07) is -0.100. The van der Waals surface area contributed by atoms with Crippen molar-refractivity contribution >= 4 is 11.9 Å². The lowest BCUT2D eigenvalue weighted by Crippen LogP contribution is -2.40. The number of carbonyl (C=O) groups is 1. The Labute approximate surface area is 149 Å². The fraction of sp³-hybridized carbons (Fsp3) is 0.722. The van der Waals surface area contributed by atoms with Gasteiger partial charge in [-0.2, -0.15) is 10.1 Å². The predicted octanol–water partition coefficient (Wildman–Crippen LogP) is 2.37. The van der Waals surface area contributed by atoms with Crippen LogP contribution in [0.25, 0.3) is 0 Å². The molecule has 0 saturated carbocycles. The van der Waals surface area contributed by atoms with Crippen molar-refractivity contribution in [2.45, 2.75) is 58.6 Å². The topological polar surface area (TPSA) is 63.5 Å². The third-order valence-corrected chi connectivity index (χ3v) is 5.28. The number of carbonyl (C=O) groups excluding carboxylic acids is 1. The van der Waals surface area contributed by atoms with E-state index < -0.39 is 0 Å². The molecule has 1 aromatic heterocycles. The van der Waals surface area contributed by atoms with E-state index in [1.807, 2.05) is 35.4 Å². The predicted molar refractivity (Wildman–Crippen MR) is 96.3 cm³/mol. The van der Waals surface area contributed by atoms with E-state index >= 15 is 0 Å². The van der Waals surface area contributed by atoms with Gasteiger partial charge in [-0.1, -0.05) is 6.92 Å². The first kappa shape index (κ1) is 17.9. The molecular weight excluding hydrogens is 318 g/mol. The number of allylic oxidation sites excluding steroid dienone is 1. The Kier molecular flexibility index (Phi) is 5.42. The third-order valence-electron chi connectivity index (χ3n) is 5.28. The Morgan fingerprint density at radius 2 is 2.16 bits per heavy atom. The molecule has 138 valence electrons. The average molecular weight is 347 g/mol. The molecule has 0 bridgehead atoms. The summed E-state index contributed by atoms with van der Waals surface area (Å²) in [5, 5.41) is 4.30. The van der Waals surface area contributed by atoms with Gasteiger partial charge in [-0.05, 0) is 39.5 Å². The fourth-order valence-corrected chi connectivity index (χ4v) is 3.74. The van der Waals surface area contributed by atoms with Crippen LogP contribution in [-0.2, 0) is 9.53 Å². The van der Waals surface area contributed by atoms with Gasteiger partial charge in [-0.15, -0.1) is 0 Å². The molecule has 0 N–H and O–H groups in total. The molecule has 0 spiro atoms. The Morgan fingerprint density at radius 3 is 2.92 bits per heavy atom. The van der Waals surface area contributed by atoms with Crippen molar-refractivity contribution in [1.82, 2.24) is 19.7 Å². The summed E-state index contributed by atoms with van der Waals surface area (Å²) in [6.45, 7) is 8.49. The van der Waals surface area contributed by atoms with E-state index in [0.717, 1.165) is 62.6 Å². The highest BCUT2D eigenvalue weighted by Crippen LogP contribution is 2.33. The monoisotopic (exact) mass is 347 g/mol. The number of hydrogen-bond donors (Lipinski definition) is 0. The highest BCUT2D eigenvalue weighted by Gasteiger charge is 2.34. The molecule has 7 nitrogen and oxygen atoms in total. The Bertz CT molecular complexity index is 654. The summed E-state index contributed by atoms with van der Waals surface area (Å²) in [4.78, 5) is 21.5. The number of anilines is 1. The van der Waals surface area contributed by atoms with Gasteiger partial charge in [0.05, 0.1) is 17.7 Å². The number of rotatable bonds is 4. The molecular formula is C18H29N5O2. The molecule has 1 aromatic rings. The molecule has 2 atom stereocenters. The highest BCUT2D eigenvalue weighted by molar-refractivity contribution is 5.96. The quantitative estimate of drug-likeness (QED) is 0.837. The van der Waals surface area contributed by atoms with E-state index in [1.165, 1.54) is 0 Å². The Morgan fingerprint density at radius 1 is 1.36 bits per heavy atom. The standard InChI is InChI=1S/C18H29N5O2/c1-5-11-25-15-7-6-9-22(10-8-15)17(24)16-13(2)21(4)18-19-12-20-23(18)14(16)3/h12,14-15H,5-11H2,1-4H3/t14-,15+/m0/s1. The number of aromatic nitrogens is 3. The molecule has 0 radical (unpaired) electrons. The van der Waals surface area contributed by atoms with Crippen molar-refractivity contribution in [3.63, 3.8) is 0 Å². The van der Waals surface area contributed by atoms with E-state index in [-0.39, 0.29) is 18.1 Å². The largest absolute Gasteiger partial charge is 0.378 e. The van der Waals surface area contributed by atoms with Gasteiger partial charge in [-0.3, -0.25) is 4.79 Å². The van der Waals surface area contributed by atoms with Gasteiger partial charge in [0, 0.05) is 32.4 Å². The van der Waals surface area contributed by atoms with Gasteiger partial charge >= 0.3 is 0 Å². The molecule has 2 aliphatic rings. The molecule has 2 aliphatic heterocycles. The van der Waals surface area contributed by atoms with Crippen LogP contribution < -0.4 is 4.90 Å². The summed E-state index contributed by atoms with van der Waals surface area (Å²) in [7, 11) is 1.94. The van der Waals surface area contributed by atoms with Crippen LogP contribution in [0.1, 0.15) is 52.5 Å². The van der Waals surface area contributed by atoms with Gasteiger partial charge in [0.2, 0.25) is 5.95 Å². The normalized spacial score (nSPS) is 24.3. The smallest absolute Gasteiger partial charge is 0.253 e. The molecule has 3 rings (SSSR count). The van der Waals surface area contributed by atoms with Crippen molar-refractivity contribution < 1.29 is 9.53 Å². The summed E-state index contributed by atoms with van der Waals surface area (Å²) in [6.07, 6.45) is 5.80. The maximum Gasteiger partial charge on any atom is 0.253 e. The number of fused-ring (bicyclic) bond motifs is 1. The third kappa shape index (κ3) is 3.42. The summed E-state index contributed by atoms with van der Waals surface area (Å²) < 4.78 is 7.73. The van der Waals surface area contributed by atoms with Gasteiger partial charge in [0.25, 0.3) is 5.91 Å². The van der Waals surface area contributed by atoms with E-state index in [1.54, 1.807) is 6.33 Å².